The van der Waals surface area contributed by atoms with Crippen LogP contribution in [0.5, 0.6) is 11.5 Å². The summed E-state index contributed by atoms with van der Waals surface area (Å²) in [5.41, 5.74) is 3.23. The van der Waals surface area contributed by atoms with Crippen LogP contribution in [-0.4, -0.2) is 51.9 Å². The number of benzene rings is 2. The van der Waals surface area contributed by atoms with E-state index in [-0.39, 0.29) is 39.0 Å². The first kappa shape index (κ1) is 37.8. The van der Waals surface area contributed by atoms with Crippen LogP contribution in [0.1, 0.15) is 119 Å². The van der Waals surface area contributed by atoms with Crippen molar-refractivity contribution >= 4 is 23.5 Å². The largest absolute Gasteiger partial charge is 0.507 e. The van der Waals surface area contributed by atoms with Gasteiger partial charge in [-0.05, 0) is 59.8 Å². The van der Waals surface area contributed by atoms with Gasteiger partial charge >= 0.3 is 0 Å². The molecule has 0 fully saturated rings. The topological polar surface area (TPSA) is 79.2 Å². The molecule has 43 heavy (non-hydrogen) atoms. The van der Waals surface area contributed by atoms with Crippen LogP contribution in [0, 0.1) is 0 Å². The average Bonchev–Trinajstić information content (AvgIpc) is 2.80. The van der Waals surface area contributed by atoms with Crippen molar-refractivity contribution in [2.75, 3.05) is 20.3 Å². The van der Waals surface area contributed by atoms with Crippen molar-refractivity contribution in [3.05, 3.63) is 46.5 Å². The third-order valence-electron chi connectivity index (χ3n) is 7.29. The Balaban J connectivity index is 2.58. The average molecular weight is 635 g/mol. The highest BCUT2D eigenvalue weighted by molar-refractivity contribution is 8.18. The Kier molecular flexibility index (Phi) is 11.9. The van der Waals surface area contributed by atoms with E-state index in [0.29, 0.717) is 5.75 Å². The fourth-order valence-electron chi connectivity index (χ4n) is 4.89. The molecule has 0 aromatic heterocycles. The highest BCUT2D eigenvalue weighted by Crippen LogP contribution is 2.51. The van der Waals surface area contributed by atoms with Crippen LogP contribution >= 0.6 is 23.5 Å². The lowest BCUT2D eigenvalue weighted by molar-refractivity contribution is -0.0437. The van der Waals surface area contributed by atoms with Crippen LogP contribution in [-0.2, 0) is 26.4 Å². The molecule has 0 aliphatic carbocycles. The molecule has 0 amide bonds. The molecular formula is C36H58O5S2. The SMILES string of the molecule is COC[C@@H](O)[C@H](O)COc1c(C(C)(C)C)cc(SC(C)(C)Sc2cc(C(C)(C)C)c(O)c(C(C)(C)C)c2)cc1C(C)(C)C. The Morgan fingerprint density at radius 3 is 1.23 bits per heavy atom. The minimum absolute atomic E-state index is 0.0302. The molecule has 2 aromatic rings. The van der Waals surface area contributed by atoms with E-state index in [1.165, 1.54) is 7.11 Å². The van der Waals surface area contributed by atoms with Gasteiger partial charge in [0.25, 0.3) is 0 Å². The maximum Gasteiger partial charge on any atom is 0.126 e. The number of phenols is 1. The molecule has 0 spiro atoms. The number of phenolic OH excluding ortho intramolecular Hbond substituents is 1. The second kappa shape index (κ2) is 13.5. The van der Waals surface area contributed by atoms with Gasteiger partial charge in [0.05, 0.1) is 10.7 Å². The van der Waals surface area contributed by atoms with Crippen LogP contribution in [0.3, 0.4) is 0 Å². The third-order valence-corrected chi connectivity index (χ3v) is 9.71. The monoisotopic (exact) mass is 634 g/mol. The van der Waals surface area contributed by atoms with Crippen molar-refractivity contribution in [1.82, 2.24) is 0 Å². The molecule has 0 heterocycles. The van der Waals surface area contributed by atoms with Gasteiger partial charge in [0.1, 0.15) is 30.3 Å². The number of aromatic hydroxyl groups is 1. The number of ether oxygens (including phenoxy) is 2. The van der Waals surface area contributed by atoms with E-state index in [2.05, 4.69) is 121 Å². The van der Waals surface area contributed by atoms with E-state index >= 15 is 0 Å². The van der Waals surface area contributed by atoms with E-state index < -0.39 is 12.2 Å². The molecule has 0 bridgehead atoms. The summed E-state index contributed by atoms with van der Waals surface area (Å²) in [5.74, 6) is 1.16. The van der Waals surface area contributed by atoms with Crippen LogP contribution in [0.4, 0.5) is 0 Å². The lowest BCUT2D eigenvalue weighted by Crippen LogP contribution is -2.35. The minimum atomic E-state index is -1.06. The summed E-state index contributed by atoms with van der Waals surface area (Å²) in [5, 5.41) is 32.0. The first-order valence-electron chi connectivity index (χ1n) is 15.2. The lowest BCUT2D eigenvalue weighted by atomic mass is 9.79. The fraction of sp³-hybridized carbons (Fsp3) is 0.667. The fourth-order valence-corrected chi connectivity index (χ4v) is 7.48. The predicted molar refractivity (Wildman–Crippen MR) is 185 cm³/mol. The Morgan fingerprint density at radius 2 is 0.907 bits per heavy atom. The summed E-state index contributed by atoms with van der Waals surface area (Å²) in [6.45, 7) is 30.4. The number of rotatable bonds is 10. The van der Waals surface area contributed by atoms with E-state index in [9.17, 15) is 15.3 Å². The maximum absolute atomic E-state index is 11.2. The van der Waals surface area contributed by atoms with Crippen LogP contribution in [0.25, 0.3) is 0 Å². The molecule has 7 heteroatoms. The predicted octanol–water partition coefficient (Wildman–Crippen LogP) is 8.95. The molecular weight excluding hydrogens is 577 g/mol. The molecule has 0 unspecified atom stereocenters. The molecule has 0 radical (unpaired) electrons. The van der Waals surface area contributed by atoms with Crippen molar-refractivity contribution in [1.29, 1.82) is 0 Å². The van der Waals surface area contributed by atoms with Gasteiger partial charge in [-0.2, -0.15) is 0 Å². The lowest BCUT2D eigenvalue weighted by Gasteiger charge is -2.33. The quantitative estimate of drug-likeness (QED) is 0.178. The summed E-state index contributed by atoms with van der Waals surface area (Å²) in [4.78, 5) is 2.28. The van der Waals surface area contributed by atoms with Gasteiger partial charge in [0.2, 0.25) is 0 Å². The van der Waals surface area contributed by atoms with Gasteiger partial charge in [0, 0.05) is 39.2 Å². The van der Waals surface area contributed by atoms with Crippen molar-refractivity contribution in [2.45, 2.75) is 145 Å². The summed E-state index contributed by atoms with van der Waals surface area (Å²) >= 11 is 3.63. The number of aliphatic hydroxyl groups is 2. The van der Waals surface area contributed by atoms with Crippen molar-refractivity contribution in [2.24, 2.45) is 0 Å². The van der Waals surface area contributed by atoms with Gasteiger partial charge in [-0.1, -0.05) is 83.1 Å². The van der Waals surface area contributed by atoms with E-state index in [0.717, 1.165) is 37.8 Å². The third kappa shape index (κ3) is 10.3. The van der Waals surface area contributed by atoms with E-state index in [4.69, 9.17) is 9.47 Å². The Labute approximate surface area is 270 Å². The van der Waals surface area contributed by atoms with Gasteiger partial charge in [0.15, 0.2) is 0 Å². The number of hydrogen-bond acceptors (Lipinski definition) is 7. The van der Waals surface area contributed by atoms with Gasteiger partial charge in [-0.25, -0.2) is 0 Å². The molecule has 3 N–H and O–H groups in total. The van der Waals surface area contributed by atoms with Crippen molar-refractivity contribution in [3.8, 4) is 11.5 Å². The van der Waals surface area contributed by atoms with Crippen LogP contribution in [0.2, 0.25) is 0 Å². The molecule has 0 saturated carbocycles. The second-order valence-corrected chi connectivity index (χ2v) is 19.9. The highest BCUT2D eigenvalue weighted by Gasteiger charge is 2.32. The molecule has 2 rings (SSSR count). The molecule has 0 aliphatic rings. The zero-order valence-corrected chi connectivity index (χ0v) is 31.0. The highest BCUT2D eigenvalue weighted by atomic mass is 32.2. The summed E-state index contributed by atoms with van der Waals surface area (Å²) in [7, 11) is 1.50. The molecule has 0 saturated heterocycles. The number of thioether (sulfide) groups is 2. The first-order chi connectivity index (χ1) is 19.3. The zero-order chi connectivity index (χ0) is 33.3. The molecule has 2 atom stereocenters. The smallest absolute Gasteiger partial charge is 0.126 e. The molecule has 2 aromatic carbocycles. The minimum Gasteiger partial charge on any atom is -0.507 e. The standard InChI is InChI=1S/C36H58O5S2/c1-32(2,3)24-16-22(17-25(30(24)39)33(4,5)6)42-36(13,14)43-23-18-26(34(7,8)9)31(27(19-23)35(10,11)12)41-21-29(38)28(37)20-40-15/h16-19,28-29,37-39H,20-21H2,1-15H3/t28-,29-/m1/s1. The molecule has 0 aliphatic heterocycles. The van der Waals surface area contributed by atoms with Crippen molar-refractivity contribution in [3.63, 3.8) is 0 Å². The Morgan fingerprint density at radius 1 is 0.581 bits per heavy atom. The van der Waals surface area contributed by atoms with Gasteiger partial charge in [-0.15, -0.1) is 23.5 Å². The summed E-state index contributed by atoms with van der Waals surface area (Å²) in [6, 6.07) is 8.74. The normalized spacial score (nSPS) is 15.0. The van der Waals surface area contributed by atoms with E-state index in [1.807, 2.05) is 23.5 Å². The summed E-state index contributed by atoms with van der Waals surface area (Å²) in [6.07, 6.45) is -2.09. The molecule has 244 valence electrons. The second-order valence-electron chi connectivity index (χ2n) is 16.2. The first-order valence-corrected chi connectivity index (χ1v) is 16.8. The zero-order valence-electron chi connectivity index (χ0n) is 29.4. The van der Waals surface area contributed by atoms with Gasteiger partial charge in [-0.3, -0.25) is 0 Å². The van der Waals surface area contributed by atoms with Gasteiger partial charge < -0.3 is 24.8 Å². The maximum atomic E-state index is 11.2. The number of hydrogen-bond donors (Lipinski definition) is 3. The summed E-state index contributed by atoms with van der Waals surface area (Å²) < 4.78 is 11.1. The van der Waals surface area contributed by atoms with Crippen molar-refractivity contribution < 1.29 is 24.8 Å². The Bertz CT molecular complexity index is 1170. The van der Waals surface area contributed by atoms with Crippen LogP contribution in [0.15, 0.2) is 34.1 Å². The molecule has 5 nitrogen and oxygen atoms in total. The van der Waals surface area contributed by atoms with E-state index in [1.54, 1.807) is 0 Å². The number of aliphatic hydroxyl groups excluding tert-OH is 2. The Hall–Kier alpha value is -1.38. The number of methoxy groups -OCH3 is 1. The van der Waals surface area contributed by atoms with Crippen LogP contribution < -0.4 is 4.74 Å².